The van der Waals surface area contributed by atoms with Crippen LogP contribution in [0.2, 0.25) is 0 Å². The number of ether oxygens (including phenoxy) is 1. The molecule has 0 aromatic heterocycles. The van der Waals surface area contributed by atoms with E-state index in [-0.39, 0.29) is 0 Å². The minimum Gasteiger partial charge on any atom is -0.497 e. The predicted octanol–water partition coefficient (Wildman–Crippen LogP) is 4.81. The Balaban J connectivity index is 1.33. The van der Waals surface area contributed by atoms with Gasteiger partial charge in [0.2, 0.25) is 0 Å². The molecule has 1 fully saturated rings. The monoisotopic (exact) mass is 397 g/mol. The van der Waals surface area contributed by atoms with E-state index >= 15 is 0 Å². The highest BCUT2D eigenvalue weighted by molar-refractivity contribution is 5.98. The Morgan fingerprint density at radius 1 is 0.833 bits per heavy atom. The molecule has 3 aromatic rings. The molecule has 30 heavy (non-hydrogen) atoms. The van der Waals surface area contributed by atoms with E-state index in [2.05, 4.69) is 71.4 Å². The SMILES string of the molecule is COc1cccc(/C(C)=N\N2CCN(C3c4ccccc4-c4ccccc43)CC2)c1. The van der Waals surface area contributed by atoms with Crippen LogP contribution < -0.4 is 4.74 Å². The van der Waals surface area contributed by atoms with Crippen LogP contribution in [0, 0.1) is 0 Å². The minimum atomic E-state index is 0.350. The molecule has 5 rings (SSSR count). The van der Waals surface area contributed by atoms with E-state index in [4.69, 9.17) is 9.84 Å². The molecule has 0 radical (unpaired) electrons. The molecule has 0 saturated carbocycles. The number of rotatable bonds is 4. The summed E-state index contributed by atoms with van der Waals surface area (Å²) >= 11 is 0. The molecule has 3 aromatic carbocycles. The van der Waals surface area contributed by atoms with Crippen LogP contribution in [-0.4, -0.2) is 48.9 Å². The molecule has 0 bridgehead atoms. The summed E-state index contributed by atoms with van der Waals surface area (Å²) in [6.45, 7) is 5.94. The molecule has 1 aliphatic heterocycles. The molecule has 1 saturated heterocycles. The lowest BCUT2D eigenvalue weighted by Gasteiger charge is -2.37. The summed E-state index contributed by atoms with van der Waals surface area (Å²) in [5.74, 6) is 0.866. The number of piperazine rings is 1. The molecule has 0 amide bonds. The van der Waals surface area contributed by atoms with Crippen LogP contribution in [0.15, 0.2) is 77.9 Å². The maximum absolute atomic E-state index is 5.35. The Morgan fingerprint density at radius 3 is 2.10 bits per heavy atom. The molecule has 4 heteroatoms. The second kappa shape index (κ2) is 7.96. The van der Waals surface area contributed by atoms with Crippen LogP contribution in [0.4, 0.5) is 0 Å². The van der Waals surface area contributed by atoms with E-state index in [9.17, 15) is 0 Å². The number of benzene rings is 3. The number of fused-ring (bicyclic) bond motifs is 3. The fraction of sp³-hybridized carbons (Fsp3) is 0.269. The average molecular weight is 398 g/mol. The van der Waals surface area contributed by atoms with Gasteiger partial charge in [-0.05, 0) is 41.3 Å². The summed E-state index contributed by atoms with van der Waals surface area (Å²) in [5.41, 5.74) is 7.76. The van der Waals surface area contributed by atoms with Crippen LogP contribution in [0.1, 0.15) is 29.7 Å². The standard InChI is InChI=1S/C26H27N3O/c1-19(20-8-7-9-21(18-20)30-2)27-29-16-14-28(15-17-29)26-24-12-5-3-10-22(24)23-11-4-6-13-25(23)26/h3-13,18,26H,14-17H2,1-2H3/b27-19-. The highest BCUT2D eigenvalue weighted by atomic mass is 16.5. The Kier molecular flexibility index (Phi) is 5.01. The third-order valence-electron chi connectivity index (χ3n) is 6.24. The van der Waals surface area contributed by atoms with Crippen molar-refractivity contribution in [2.45, 2.75) is 13.0 Å². The lowest BCUT2D eigenvalue weighted by Crippen LogP contribution is -2.45. The maximum atomic E-state index is 5.35. The van der Waals surface area contributed by atoms with Gasteiger partial charge in [0.05, 0.1) is 18.9 Å². The zero-order valence-corrected chi connectivity index (χ0v) is 17.6. The summed E-state index contributed by atoms with van der Waals surface area (Å²) in [5, 5.41) is 7.11. The van der Waals surface area contributed by atoms with E-state index in [0.29, 0.717) is 6.04 Å². The number of nitrogens with zero attached hydrogens (tertiary/aromatic N) is 3. The van der Waals surface area contributed by atoms with E-state index in [1.54, 1.807) is 7.11 Å². The number of methoxy groups -OCH3 is 1. The van der Waals surface area contributed by atoms with Crippen molar-refractivity contribution in [1.82, 2.24) is 9.91 Å². The van der Waals surface area contributed by atoms with Crippen molar-refractivity contribution >= 4 is 5.71 Å². The summed E-state index contributed by atoms with van der Waals surface area (Å²) in [6.07, 6.45) is 0. The molecule has 1 heterocycles. The fourth-order valence-corrected chi connectivity index (χ4v) is 4.71. The molecular formula is C26H27N3O. The Morgan fingerprint density at radius 2 is 1.47 bits per heavy atom. The van der Waals surface area contributed by atoms with Crippen molar-refractivity contribution < 1.29 is 4.74 Å². The van der Waals surface area contributed by atoms with Gasteiger partial charge in [0.15, 0.2) is 0 Å². The van der Waals surface area contributed by atoms with E-state index in [1.807, 2.05) is 18.2 Å². The molecule has 0 unspecified atom stereocenters. The van der Waals surface area contributed by atoms with Gasteiger partial charge in [0, 0.05) is 31.7 Å². The lowest BCUT2D eigenvalue weighted by molar-refractivity contribution is 0.114. The predicted molar refractivity (Wildman–Crippen MR) is 122 cm³/mol. The van der Waals surface area contributed by atoms with Crippen LogP contribution in [0.3, 0.4) is 0 Å². The summed E-state index contributed by atoms with van der Waals surface area (Å²) in [6, 6.07) is 26.2. The van der Waals surface area contributed by atoms with Crippen LogP contribution in [0.25, 0.3) is 11.1 Å². The molecule has 2 aliphatic rings. The number of hydrazone groups is 1. The molecular weight excluding hydrogens is 370 g/mol. The fourth-order valence-electron chi connectivity index (χ4n) is 4.71. The topological polar surface area (TPSA) is 28.1 Å². The van der Waals surface area contributed by atoms with Crippen LogP contribution in [-0.2, 0) is 0 Å². The normalized spacial score (nSPS) is 17.0. The Hall–Kier alpha value is -3.11. The summed E-state index contributed by atoms with van der Waals surface area (Å²) < 4.78 is 5.35. The Bertz CT molecular complexity index is 1040. The molecule has 0 spiro atoms. The van der Waals surface area contributed by atoms with E-state index < -0.39 is 0 Å². The first-order chi connectivity index (χ1) is 14.7. The van der Waals surface area contributed by atoms with Crippen molar-refractivity contribution in [2.24, 2.45) is 5.10 Å². The maximum Gasteiger partial charge on any atom is 0.119 e. The van der Waals surface area contributed by atoms with Gasteiger partial charge in [-0.25, -0.2) is 0 Å². The minimum absolute atomic E-state index is 0.350. The number of hydrogen-bond donors (Lipinski definition) is 0. The van der Waals surface area contributed by atoms with Crippen LogP contribution >= 0.6 is 0 Å². The third kappa shape index (κ3) is 3.37. The molecule has 4 nitrogen and oxygen atoms in total. The highest BCUT2D eigenvalue weighted by Gasteiger charge is 2.33. The molecule has 0 atom stereocenters. The largest absolute Gasteiger partial charge is 0.497 e. The number of hydrogen-bond acceptors (Lipinski definition) is 4. The van der Waals surface area contributed by atoms with Crippen molar-refractivity contribution in [2.75, 3.05) is 33.3 Å². The van der Waals surface area contributed by atoms with Gasteiger partial charge in [0.25, 0.3) is 0 Å². The average Bonchev–Trinajstić information content (AvgIpc) is 3.14. The smallest absolute Gasteiger partial charge is 0.119 e. The summed E-state index contributed by atoms with van der Waals surface area (Å²) in [7, 11) is 1.70. The second-order valence-electron chi connectivity index (χ2n) is 7.98. The third-order valence-corrected chi connectivity index (χ3v) is 6.24. The van der Waals surface area contributed by atoms with Gasteiger partial charge in [-0.2, -0.15) is 5.10 Å². The van der Waals surface area contributed by atoms with Gasteiger partial charge in [0.1, 0.15) is 5.75 Å². The van der Waals surface area contributed by atoms with Crippen molar-refractivity contribution in [1.29, 1.82) is 0 Å². The van der Waals surface area contributed by atoms with Gasteiger partial charge in [-0.1, -0.05) is 60.7 Å². The molecule has 1 aliphatic carbocycles. The summed E-state index contributed by atoms with van der Waals surface area (Å²) in [4.78, 5) is 2.61. The Labute approximate surface area is 178 Å². The first kappa shape index (κ1) is 18.9. The van der Waals surface area contributed by atoms with Gasteiger partial charge in [-0.15, -0.1) is 0 Å². The van der Waals surface area contributed by atoms with Crippen molar-refractivity contribution in [3.05, 3.63) is 89.5 Å². The molecule has 0 N–H and O–H groups in total. The lowest BCUT2D eigenvalue weighted by atomic mass is 10.0. The van der Waals surface area contributed by atoms with Gasteiger partial charge >= 0.3 is 0 Å². The zero-order chi connectivity index (χ0) is 20.5. The van der Waals surface area contributed by atoms with Gasteiger partial charge < -0.3 is 4.74 Å². The first-order valence-corrected chi connectivity index (χ1v) is 10.6. The first-order valence-electron chi connectivity index (χ1n) is 10.6. The van der Waals surface area contributed by atoms with Gasteiger partial charge in [-0.3, -0.25) is 9.91 Å². The van der Waals surface area contributed by atoms with Crippen molar-refractivity contribution in [3.8, 4) is 16.9 Å². The van der Waals surface area contributed by atoms with Crippen molar-refractivity contribution in [3.63, 3.8) is 0 Å². The van der Waals surface area contributed by atoms with Crippen LogP contribution in [0.5, 0.6) is 5.75 Å². The van der Waals surface area contributed by atoms with E-state index in [1.165, 1.54) is 22.3 Å². The van der Waals surface area contributed by atoms with E-state index in [0.717, 1.165) is 43.2 Å². The second-order valence-corrected chi connectivity index (χ2v) is 7.98. The quantitative estimate of drug-likeness (QED) is 0.592. The molecule has 152 valence electrons. The highest BCUT2D eigenvalue weighted by Crippen LogP contribution is 2.46. The zero-order valence-electron chi connectivity index (χ0n) is 17.6.